The Morgan fingerprint density at radius 2 is 1.91 bits per heavy atom. The molecule has 0 fully saturated rings. The van der Waals surface area contributed by atoms with Gasteiger partial charge in [-0.3, -0.25) is 4.98 Å². The van der Waals surface area contributed by atoms with Gasteiger partial charge in [-0.2, -0.15) is 0 Å². The van der Waals surface area contributed by atoms with E-state index >= 15 is 0 Å². The number of aromatic nitrogens is 1. The van der Waals surface area contributed by atoms with Gasteiger partial charge in [0, 0.05) is 29.6 Å². The van der Waals surface area contributed by atoms with Crippen LogP contribution in [-0.4, -0.2) is 18.6 Å². The second kappa shape index (κ2) is 7.05. The maximum atomic E-state index is 6.35. The van der Waals surface area contributed by atoms with Crippen LogP contribution in [-0.2, 0) is 0 Å². The van der Waals surface area contributed by atoms with E-state index in [0.29, 0.717) is 0 Å². The van der Waals surface area contributed by atoms with Crippen LogP contribution in [0.3, 0.4) is 0 Å². The van der Waals surface area contributed by atoms with Crippen LogP contribution in [0.25, 0.3) is 10.8 Å². The molecule has 3 aromatic rings. The summed E-state index contributed by atoms with van der Waals surface area (Å²) < 4.78 is 6.35. The van der Waals surface area contributed by atoms with E-state index in [9.17, 15) is 0 Å². The van der Waals surface area contributed by atoms with E-state index in [1.54, 1.807) is 6.20 Å². The fourth-order valence-electron chi connectivity index (χ4n) is 2.59. The standard InChI is InChI=1S/C19H20N2O/c1-20-12-11-18(15-6-3-2-4-7-15)22-19-9-5-8-16-14-21-13-10-17(16)19/h2-10,13-14,18,20H,11-12H2,1H3/t18-/m0/s1. The maximum absolute atomic E-state index is 6.35. The summed E-state index contributed by atoms with van der Waals surface area (Å²) in [5.41, 5.74) is 1.20. The second-order valence-electron chi connectivity index (χ2n) is 5.26. The van der Waals surface area contributed by atoms with Gasteiger partial charge in [-0.25, -0.2) is 0 Å². The molecule has 1 heterocycles. The summed E-state index contributed by atoms with van der Waals surface area (Å²) >= 11 is 0. The summed E-state index contributed by atoms with van der Waals surface area (Å²) in [6, 6.07) is 18.5. The highest BCUT2D eigenvalue weighted by Gasteiger charge is 2.14. The first kappa shape index (κ1) is 14.5. The van der Waals surface area contributed by atoms with Crippen LogP contribution >= 0.6 is 0 Å². The first-order valence-corrected chi connectivity index (χ1v) is 7.57. The molecule has 3 rings (SSSR count). The Morgan fingerprint density at radius 1 is 1.05 bits per heavy atom. The third kappa shape index (κ3) is 3.26. The molecule has 0 aliphatic rings. The summed E-state index contributed by atoms with van der Waals surface area (Å²) in [7, 11) is 1.96. The third-order valence-electron chi connectivity index (χ3n) is 3.74. The van der Waals surface area contributed by atoms with Gasteiger partial charge < -0.3 is 10.1 Å². The highest BCUT2D eigenvalue weighted by atomic mass is 16.5. The van der Waals surface area contributed by atoms with Crippen molar-refractivity contribution in [1.29, 1.82) is 0 Å². The van der Waals surface area contributed by atoms with E-state index in [2.05, 4.69) is 40.6 Å². The Balaban J connectivity index is 1.92. The van der Waals surface area contributed by atoms with Gasteiger partial charge >= 0.3 is 0 Å². The minimum absolute atomic E-state index is 0.0346. The van der Waals surface area contributed by atoms with Crippen molar-refractivity contribution in [3.8, 4) is 5.75 Å². The first-order chi connectivity index (χ1) is 10.9. The van der Waals surface area contributed by atoms with Crippen molar-refractivity contribution < 1.29 is 4.74 Å². The lowest BCUT2D eigenvalue weighted by atomic mass is 10.1. The predicted octanol–water partition coefficient (Wildman–Crippen LogP) is 3.96. The molecule has 1 aromatic heterocycles. The van der Waals surface area contributed by atoms with Crippen molar-refractivity contribution in [3.05, 3.63) is 72.6 Å². The van der Waals surface area contributed by atoms with Crippen LogP contribution in [0.2, 0.25) is 0 Å². The summed E-state index contributed by atoms with van der Waals surface area (Å²) in [6.45, 7) is 0.909. The molecule has 0 saturated carbocycles. The lowest BCUT2D eigenvalue weighted by Gasteiger charge is -2.20. The monoisotopic (exact) mass is 292 g/mol. The van der Waals surface area contributed by atoms with E-state index in [4.69, 9.17) is 4.74 Å². The molecule has 112 valence electrons. The van der Waals surface area contributed by atoms with Gasteiger partial charge in [0.15, 0.2) is 0 Å². The highest BCUT2D eigenvalue weighted by molar-refractivity contribution is 5.87. The molecule has 1 atom stereocenters. The zero-order valence-corrected chi connectivity index (χ0v) is 12.7. The Bertz CT molecular complexity index is 722. The molecule has 0 aliphatic carbocycles. The highest BCUT2D eigenvalue weighted by Crippen LogP contribution is 2.30. The van der Waals surface area contributed by atoms with Gasteiger partial charge in [0.2, 0.25) is 0 Å². The molecule has 0 unspecified atom stereocenters. The molecule has 22 heavy (non-hydrogen) atoms. The number of nitrogens with one attached hydrogen (secondary N) is 1. The number of nitrogens with zero attached hydrogens (tertiary/aromatic N) is 1. The van der Waals surface area contributed by atoms with Gasteiger partial charge in [-0.05, 0) is 31.3 Å². The molecule has 3 nitrogen and oxygen atoms in total. The Hall–Kier alpha value is -2.39. The Kier molecular flexibility index (Phi) is 4.66. The zero-order valence-electron chi connectivity index (χ0n) is 12.7. The number of fused-ring (bicyclic) bond motifs is 1. The van der Waals surface area contributed by atoms with E-state index < -0.39 is 0 Å². The van der Waals surface area contributed by atoms with Gasteiger partial charge in [-0.15, -0.1) is 0 Å². The van der Waals surface area contributed by atoms with Gasteiger partial charge in [-0.1, -0.05) is 42.5 Å². The number of pyridine rings is 1. The van der Waals surface area contributed by atoms with Gasteiger partial charge in [0.05, 0.1) is 0 Å². The van der Waals surface area contributed by atoms with Crippen LogP contribution in [0, 0.1) is 0 Å². The lowest BCUT2D eigenvalue weighted by Crippen LogP contribution is -2.16. The summed E-state index contributed by atoms with van der Waals surface area (Å²) in [6.07, 6.45) is 4.63. The topological polar surface area (TPSA) is 34.1 Å². The van der Waals surface area contributed by atoms with Crippen LogP contribution < -0.4 is 10.1 Å². The number of hydrogen-bond acceptors (Lipinski definition) is 3. The predicted molar refractivity (Wildman–Crippen MR) is 90.1 cm³/mol. The Morgan fingerprint density at radius 3 is 2.73 bits per heavy atom. The van der Waals surface area contributed by atoms with Crippen molar-refractivity contribution in [2.75, 3.05) is 13.6 Å². The third-order valence-corrected chi connectivity index (χ3v) is 3.74. The van der Waals surface area contributed by atoms with Crippen LogP contribution in [0.4, 0.5) is 0 Å². The second-order valence-corrected chi connectivity index (χ2v) is 5.26. The molecule has 1 N–H and O–H groups in total. The SMILES string of the molecule is CNCC[C@H](Oc1cccc2cnccc12)c1ccccc1. The summed E-state index contributed by atoms with van der Waals surface area (Å²) in [5, 5.41) is 5.40. The van der Waals surface area contributed by atoms with Crippen molar-refractivity contribution in [3.63, 3.8) is 0 Å². The average Bonchev–Trinajstić information content (AvgIpc) is 2.59. The largest absolute Gasteiger partial charge is 0.485 e. The smallest absolute Gasteiger partial charge is 0.128 e. The van der Waals surface area contributed by atoms with E-state index in [1.165, 1.54) is 5.56 Å². The Labute approximate surface area is 131 Å². The molecule has 0 spiro atoms. The quantitative estimate of drug-likeness (QED) is 0.746. The molecule has 0 saturated heterocycles. The fourth-order valence-corrected chi connectivity index (χ4v) is 2.59. The maximum Gasteiger partial charge on any atom is 0.128 e. The van der Waals surface area contributed by atoms with Crippen LogP contribution in [0.15, 0.2) is 67.0 Å². The fraction of sp³-hybridized carbons (Fsp3) is 0.211. The summed E-state index contributed by atoms with van der Waals surface area (Å²) in [4.78, 5) is 4.18. The molecule has 0 aliphatic heterocycles. The van der Waals surface area contributed by atoms with Crippen molar-refractivity contribution in [2.45, 2.75) is 12.5 Å². The van der Waals surface area contributed by atoms with E-state index in [-0.39, 0.29) is 6.10 Å². The van der Waals surface area contributed by atoms with Gasteiger partial charge in [0.1, 0.15) is 11.9 Å². The molecule has 3 heteroatoms. The molecule has 2 aromatic carbocycles. The number of benzene rings is 2. The normalized spacial score (nSPS) is 12.2. The molecule has 0 amide bonds. The lowest BCUT2D eigenvalue weighted by molar-refractivity contribution is 0.197. The van der Waals surface area contributed by atoms with Crippen LogP contribution in [0.5, 0.6) is 5.75 Å². The molecular weight excluding hydrogens is 272 g/mol. The minimum Gasteiger partial charge on any atom is -0.485 e. The molecule has 0 radical (unpaired) electrons. The molecule has 0 bridgehead atoms. The first-order valence-electron chi connectivity index (χ1n) is 7.57. The summed E-state index contributed by atoms with van der Waals surface area (Å²) in [5.74, 6) is 0.907. The van der Waals surface area contributed by atoms with Gasteiger partial charge in [0.25, 0.3) is 0 Å². The van der Waals surface area contributed by atoms with E-state index in [0.717, 1.165) is 29.5 Å². The molecular formula is C19H20N2O. The van der Waals surface area contributed by atoms with Crippen LogP contribution in [0.1, 0.15) is 18.1 Å². The minimum atomic E-state index is 0.0346. The number of hydrogen-bond donors (Lipinski definition) is 1. The van der Waals surface area contributed by atoms with Crippen molar-refractivity contribution >= 4 is 10.8 Å². The van der Waals surface area contributed by atoms with Crippen molar-refractivity contribution in [1.82, 2.24) is 10.3 Å². The average molecular weight is 292 g/mol. The number of rotatable bonds is 6. The van der Waals surface area contributed by atoms with Crippen molar-refractivity contribution in [2.24, 2.45) is 0 Å². The zero-order chi connectivity index (χ0) is 15.2. The van der Waals surface area contributed by atoms with E-state index in [1.807, 2.05) is 37.5 Å². The number of ether oxygens (including phenoxy) is 1.